The van der Waals surface area contributed by atoms with Crippen LogP contribution in [0.25, 0.3) is 0 Å². The summed E-state index contributed by atoms with van der Waals surface area (Å²) in [6, 6.07) is 0. The number of halogens is 1. The third-order valence-corrected chi connectivity index (χ3v) is 5.95. The summed E-state index contributed by atoms with van der Waals surface area (Å²) >= 11 is 3.53. The van der Waals surface area contributed by atoms with Crippen LogP contribution in [0.4, 0.5) is 0 Å². The van der Waals surface area contributed by atoms with Crippen LogP contribution < -0.4 is 0 Å². The van der Waals surface area contributed by atoms with Crippen molar-refractivity contribution in [2.75, 3.05) is 11.9 Å². The summed E-state index contributed by atoms with van der Waals surface area (Å²) in [5.41, 5.74) is 0. The molecule has 0 rings (SSSR count). The lowest BCUT2D eigenvalue weighted by molar-refractivity contribution is 0.0357. The average molecular weight is 434 g/mol. The van der Waals surface area contributed by atoms with Gasteiger partial charge in [0.1, 0.15) is 0 Å². The van der Waals surface area contributed by atoms with E-state index in [-0.39, 0.29) is 0 Å². The van der Waals surface area contributed by atoms with E-state index >= 15 is 0 Å². The summed E-state index contributed by atoms with van der Waals surface area (Å²) in [6.07, 6.45) is 26.5. The van der Waals surface area contributed by atoms with Gasteiger partial charge in [-0.3, -0.25) is 0 Å². The number of hydrogen-bond acceptors (Lipinski definition) is 1. The Morgan fingerprint density at radius 3 is 1.46 bits per heavy atom. The molecular formula is C24H49BrO. The summed E-state index contributed by atoms with van der Waals surface area (Å²) in [5, 5.41) is 1.16. The molecule has 0 bridgehead atoms. The number of alkyl halides is 1. The van der Waals surface area contributed by atoms with Gasteiger partial charge in [-0.2, -0.15) is 0 Å². The Morgan fingerprint density at radius 1 is 0.538 bits per heavy atom. The fourth-order valence-corrected chi connectivity index (χ4v) is 3.99. The normalized spacial score (nSPS) is 12.6. The molecule has 0 saturated heterocycles. The smallest absolute Gasteiger partial charge is 0.0575 e. The molecule has 0 aromatic carbocycles. The highest BCUT2D eigenvalue weighted by molar-refractivity contribution is 9.09. The minimum absolute atomic E-state index is 0.533. The van der Waals surface area contributed by atoms with E-state index in [0.717, 1.165) is 11.9 Å². The zero-order chi connectivity index (χ0) is 19.1. The van der Waals surface area contributed by atoms with E-state index in [2.05, 4.69) is 29.8 Å². The van der Waals surface area contributed by atoms with Crippen LogP contribution in [0, 0.1) is 0 Å². The second-order valence-corrected chi connectivity index (χ2v) is 8.86. The van der Waals surface area contributed by atoms with Crippen molar-refractivity contribution in [1.29, 1.82) is 0 Å². The molecule has 0 aromatic heterocycles. The molecule has 0 amide bonds. The van der Waals surface area contributed by atoms with E-state index in [4.69, 9.17) is 4.74 Å². The summed E-state index contributed by atoms with van der Waals surface area (Å²) in [5.74, 6) is 0. The van der Waals surface area contributed by atoms with E-state index in [1.807, 2.05) is 0 Å². The molecule has 0 aromatic rings. The molecule has 0 aliphatic rings. The van der Waals surface area contributed by atoms with Crippen molar-refractivity contribution in [3.63, 3.8) is 0 Å². The highest BCUT2D eigenvalue weighted by Crippen LogP contribution is 2.17. The van der Waals surface area contributed by atoms with Gasteiger partial charge in [0.05, 0.1) is 6.10 Å². The van der Waals surface area contributed by atoms with Crippen molar-refractivity contribution in [2.45, 2.75) is 142 Å². The molecule has 1 atom stereocenters. The highest BCUT2D eigenvalue weighted by atomic mass is 79.9. The second kappa shape index (κ2) is 23.5. The van der Waals surface area contributed by atoms with Crippen LogP contribution >= 0.6 is 15.9 Å². The Hall–Kier alpha value is 0.440. The molecule has 0 aliphatic heterocycles. The Labute approximate surface area is 174 Å². The van der Waals surface area contributed by atoms with Gasteiger partial charge >= 0.3 is 0 Å². The Morgan fingerprint density at radius 2 is 0.962 bits per heavy atom. The fraction of sp³-hybridized carbons (Fsp3) is 1.00. The number of rotatable bonds is 22. The largest absolute Gasteiger partial charge is 0.378 e. The molecule has 158 valence electrons. The van der Waals surface area contributed by atoms with E-state index in [1.54, 1.807) is 0 Å². The quantitative estimate of drug-likeness (QED) is 0.122. The third kappa shape index (κ3) is 20.7. The maximum absolute atomic E-state index is 6.29. The van der Waals surface area contributed by atoms with Crippen LogP contribution in [0.15, 0.2) is 0 Å². The maximum atomic E-state index is 6.29. The van der Waals surface area contributed by atoms with Crippen LogP contribution in [0.3, 0.4) is 0 Å². The summed E-state index contributed by atoms with van der Waals surface area (Å²) in [7, 11) is 0. The van der Waals surface area contributed by atoms with Crippen molar-refractivity contribution < 1.29 is 4.74 Å². The molecule has 0 saturated carbocycles. The fourth-order valence-electron chi connectivity index (χ4n) is 3.59. The minimum Gasteiger partial charge on any atom is -0.378 e. The standard InChI is InChI=1S/C24H49BrO/c1-3-5-7-9-11-12-16-20-24(21-17-13-14-18-22-25)26-23-19-15-10-8-6-4-2/h24H,3-23H2,1-2H3. The first-order chi connectivity index (χ1) is 12.8. The van der Waals surface area contributed by atoms with Crippen molar-refractivity contribution in [2.24, 2.45) is 0 Å². The molecule has 1 nitrogen and oxygen atoms in total. The molecule has 0 radical (unpaired) electrons. The van der Waals surface area contributed by atoms with Gasteiger partial charge in [0.25, 0.3) is 0 Å². The van der Waals surface area contributed by atoms with Crippen LogP contribution in [-0.2, 0) is 4.74 Å². The molecule has 26 heavy (non-hydrogen) atoms. The van der Waals surface area contributed by atoms with Gasteiger partial charge in [0.15, 0.2) is 0 Å². The maximum Gasteiger partial charge on any atom is 0.0575 e. The Bertz CT molecular complexity index is 226. The molecule has 0 fully saturated rings. The van der Waals surface area contributed by atoms with Gasteiger partial charge in [-0.1, -0.05) is 126 Å². The lowest BCUT2D eigenvalue weighted by Gasteiger charge is -2.18. The van der Waals surface area contributed by atoms with Gasteiger partial charge in [-0.15, -0.1) is 0 Å². The van der Waals surface area contributed by atoms with Crippen LogP contribution in [0.5, 0.6) is 0 Å². The predicted molar refractivity (Wildman–Crippen MR) is 123 cm³/mol. The van der Waals surface area contributed by atoms with E-state index < -0.39 is 0 Å². The minimum atomic E-state index is 0.533. The van der Waals surface area contributed by atoms with Crippen molar-refractivity contribution in [1.82, 2.24) is 0 Å². The second-order valence-electron chi connectivity index (χ2n) is 8.06. The molecule has 2 heteroatoms. The highest BCUT2D eigenvalue weighted by Gasteiger charge is 2.09. The molecule has 0 aliphatic carbocycles. The van der Waals surface area contributed by atoms with Gasteiger partial charge in [-0.25, -0.2) is 0 Å². The van der Waals surface area contributed by atoms with E-state index in [1.165, 1.54) is 122 Å². The topological polar surface area (TPSA) is 9.23 Å². The first kappa shape index (κ1) is 26.4. The predicted octanol–water partition coefficient (Wildman–Crippen LogP) is 9.22. The summed E-state index contributed by atoms with van der Waals surface area (Å²) < 4.78 is 6.29. The van der Waals surface area contributed by atoms with Gasteiger partial charge < -0.3 is 4.74 Å². The number of unbranched alkanes of at least 4 members (excludes halogenated alkanes) is 14. The van der Waals surface area contributed by atoms with Crippen molar-refractivity contribution in [3.05, 3.63) is 0 Å². The van der Waals surface area contributed by atoms with Crippen LogP contribution in [-0.4, -0.2) is 18.0 Å². The monoisotopic (exact) mass is 432 g/mol. The van der Waals surface area contributed by atoms with E-state index in [9.17, 15) is 0 Å². The summed E-state index contributed by atoms with van der Waals surface area (Å²) in [4.78, 5) is 0. The third-order valence-electron chi connectivity index (χ3n) is 5.39. The SMILES string of the molecule is CCCCCCCCCC(CCCCCCBr)OCCCCCCCC. The van der Waals surface area contributed by atoms with Crippen LogP contribution in [0.1, 0.15) is 136 Å². The first-order valence-corrected chi connectivity index (χ1v) is 13.1. The lowest BCUT2D eigenvalue weighted by atomic mass is 10.0. The Balaban J connectivity index is 3.75. The van der Waals surface area contributed by atoms with Crippen molar-refractivity contribution in [3.8, 4) is 0 Å². The van der Waals surface area contributed by atoms with Gasteiger partial charge in [0, 0.05) is 11.9 Å². The number of hydrogen-bond donors (Lipinski definition) is 0. The first-order valence-electron chi connectivity index (χ1n) is 12.0. The lowest BCUT2D eigenvalue weighted by Crippen LogP contribution is -2.14. The molecule has 0 heterocycles. The molecule has 0 N–H and O–H groups in total. The molecule has 0 spiro atoms. The van der Waals surface area contributed by atoms with Gasteiger partial charge in [-0.05, 0) is 25.7 Å². The zero-order valence-electron chi connectivity index (χ0n) is 18.2. The van der Waals surface area contributed by atoms with E-state index in [0.29, 0.717) is 6.10 Å². The van der Waals surface area contributed by atoms with Crippen molar-refractivity contribution >= 4 is 15.9 Å². The number of ether oxygens (including phenoxy) is 1. The van der Waals surface area contributed by atoms with Crippen LogP contribution in [0.2, 0.25) is 0 Å². The average Bonchev–Trinajstić information content (AvgIpc) is 2.65. The zero-order valence-corrected chi connectivity index (χ0v) is 19.8. The Kier molecular flexibility index (Phi) is 23.9. The molecular weight excluding hydrogens is 384 g/mol. The van der Waals surface area contributed by atoms with Gasteiger partial charge in [0.2, 0.25) is 0 Å². The molecule has 1 unspecified atom stereocenters. The summed E-state index contributed by atoms with van der Waals surface area (Å²) in [6.45, 7) is 5.58.